The molecule has 6 heteroatoms. The molecule has 0 bridgehead atoms. The number of H-pyrrole nitrogens is 1. The Bertz CT molecular complexity index is 778. The van der Waals surface area contributed by atoms with E-state index < -0.39 is 5.97 Å². The average Bonchev–Trinajstić information content (AvgIpc) is 2.76. The summed E-state index contributed by atoms with van der Waals surface area (Å²) in [5.41, 5.74) is 4.63. The second-order valence-electron chi connectivity index (χ2n) is 5.74. The van der Waals surface area contributed by atoms with Gasteiger partial charge in [0.2, 0.25) is 0 Å². The molecule has 0 aliphatic carbocycles. The largest absolute Gasteiger partial charge is 0.462 e. The van der Waals surface area contributed by atoms with E-state index in [2.05, 4.69) is 15.6 Å². The number of nitrogens with one attached hydrogen (secondary N) is 3. The van der Waals surface area contributed by atoms with Crippen molar-refractivity contribution in [2.24, 2.45) is 0 Å². The number of carbonyl (C=O) groups excluding carboxylic acids is 2. The summed E-state index contributed by atoms with van der Waals surface area (Å²) in [5, 5.41) is 5.56. The highest BCUT2D eigenvalue weighted by Gasteiger charge is 2.20. The molecule has 0 atom stereocenters. The number of esters is 1. The Kier molecular flexibility index (Phi) is 5.28. The number of anilines is 2. The highest BCUT2D eigenvalue weighted by Crippen LogP contribution is 2.23. The van der Waals surface area contributed by atoms with E-state index >= 15 is 0 Å². The van der Waals surface area contributed by atoms with E-state index in [0.29, 0.717) is 29.2 Å². The second-order valence-corrected chi connectivity index (χ2v) is 5.74. The predicted molar refractivity (Wildman–Crippen MR) is 94.8 cm³/mol. The maximum absolute atomic E-state index is 12.2. The predicted octanol–water partition coefficient (Wildman–Crippen LogP) is 4.07. The minimum Gasteiger partial charge on any atom is -0.462 e. The monoisotopic (exact) mass is 329 g/mol. The quantitative estimate of drug-likeness (QED) is 0.739. The first kappa shape index (κ1) is 17.6. The van der Waals surface area contributed by atoms with Crippen molar-refractivity contribution in [3.63, 3.8) is 0 Å². The minimum atomic E-state index is -0.397. The molecule has 1 aromatic heterocycles. The van der Waals surface area contributed by atoms with E-state index in [0.717, 1.165) is 16.8 Å². The fourth-order valence-electron chi connectivity index (χ4n) is 2.61. The Hall–Kier alpha value is -2.76. The van der Waals surface area contributed by atoms with Gasteiger partial charge in [0.05, 0.1) is 12.2 Å². The molecule has 0 aliphatic heterocycles. The number of aromatic amines is 1. The zero-order valence-corrected chi connectivity index (χ0v) is 14.7. The van der Waals surface area contributed by atoms with Gasteiger partial charge in [-0.1, -0.05) is 17.7 Å². The van der Waals surface area contributed by atoms with Gasteiger partial charge in [0.25, 0.3) is 0 Å². The zero-order chi connectivity index (χ0) is 17.9. The Morgan fingerprint density at radius 3 is 2.46 bits per heavy atom. The molecule has 6 nitrogen and oxygen atoms in total. The number of aryl methyl sites for hydroxylation is 3. The SMILES string of the molecule is CCOC(=O)c1c(C)[nH]c(NC(=O)Nc2ccc(C)cc2C)c1C. The van der Waals surface area contributed by atoms with Crippen molar-refractivity contribution in [2.75, 3.05) is 17.2 Å². The first-order valence-corrected chi connectivity index (χ1v) is 7.85. The molecule has 1 heterocycles. The first-order chi connectivity index (χ1) is 11.3. The van der Waals surface area contributed by atoms with Crippen LogP contribution in [0.25, 0.3) is 0 Å². The zero-order valence-electron chi connectivity index (χ0n) is 14.7. The Morgan fingerprint density at radius 2 is 1.83 bits per heavy atom. The second kappa shape index (κ2) is 7.21. The Labute approximate surface area is 141 Å². The lowest BCUT2D eigenvalue weighted by molar-refractivity contribution is 0.0525. The van der Waals surface area contributed by atoms with Gasteiger partial charge in [0.15, 0.2) is 0 Å². The lowest BCUT2D eigenvalue weighted by Gasteiger charge is -2.10. The molecule has 2 rings (SSSR count). The average molecular weight is 329 g/mol. The maximum Gasteiger partial charge on any atom is 0.340 e. The van der Waals surface area contributed by atoms with E-state index in [1.165, 1.54) is 0 Å². The molecule has 0 fully saturated rings. The van der Waals surface area contributed by atoms with Gasteiger partial charge in [-0.25, -0.2) is 9.59 Å². The number of aromatic nitrogens is 1. The molecule has 0 radical (unpaired) electrons. The summed E-state index contributed by atoms with van der Waals surface area (Å²) in [6.07, 6.45) is 0. The molecule has 0 saturated heterocycles. The molecule has 2 aromatic rings. The van der Waals surface area contributed by atoms with Crippen LogP contribution in [0.4, 0.5) is 16.3 Å². The van der Waals surface area contributed by atoms with Crippen LogP contribution in [-0.4, -0.2) is 23.6 Å². The van der Waals surface area contributed by atoms with E-state index in [1.807, 2.05) is 32.0 Å². The van der Waals surface area contributed by atoms with Crippen LogP contribution in [0, 0.1) is 27.7 Å². The van der Waals surface area contributed by atoms with Crippen LogP contribution in [0.2, 0.25) is 0 Å². The van der Waals surface area contributed by atoms with Crippen molar-refractivity contribution in [1.29, 1.82) is 0 Å². The van der Waals surface area contributed by atoms with Gasteiger partial charge < -0.3 is 15.0 Å². The van der Waals surface area contributed by atoms with Gasteiger partial charge in [0.1, 0.15) is 5.82 Å². The lowest BCUT2D eigenvalue weighted by atomic mass is 10.1. The van der Waals surface area contributed by atoms with E-state index in [9.17, 15) is 9.59 Å². The fraction of sp³-hybridized carbons (Fsp3) is 0.333. The molecule has 2 amide bonds. The topological polar surface area (TPSA) is 83.2 Å². The number of rotatable bonds is 4. The number of amides is 2. The Morgan fingerprint density at radius 1 is 1.12 bits per heavy atom. The summed E-state index contributed by atoms with van der Waals surface area (Å²) in [6.45, 7) is 9.53. The molecule has 0 unspecified atom stereocenters. The van der Waals surface area contributed by atoms with Crippen LogP contribution in [0.5, 0.6) is 0 Å². The van der Waals surface area contributed by atoms with Crippen molar-refractivity contribution in [3.05, 3.63) is 46.1 Å². The van der Waals surface area contributed by atoms with Crippen LogP contribution < -0.4 is 10.6 Å². The Balaban J connectivity index is 2.15. The minimum absolute atomic E-state index is 0.304. The summed E-state index contributed by atoms with van der Waals surface area (Å²) < 4.78 is 5.04. The van der Waals surface area contributed by atoms with E-state index in [1.54, 1.807) is 20.8 Å². The van der Waals surface area contributed by atoms with Crippen molar-refractivity contribution in [1.82, 2.24) is 4.98 Å². The van der Waals surface area contributed by atoms with Gasteiger partial charge in [-0.3, -0.25) is 5.32 Å². The molecule has 3 N–H and O–H groups in total. The third-order valence-electron chi connectivity index (χ3n) is 3.79. The van der Waals surface area contributed by atoms with Gasteiger partial charge in [-0.2, -0.15) is 0 Å². The summed E-state index contributed by atoms with van der Waals surface area (Å²) in [7, 11) is 0. The van der Waals surface area contributed by atoms with Crippen LogP contribution in [-0.2, 0) is 4.74 Å². The number of benzene rings is 1. The molecular weight excluding hydrogens is 306 g/mol. The highest BCUT2D eigenvalue weighted by molar-refractivity contribution is 6.02. The third-order valence-corrected chi connectivity index (χ3v) is 3.79. The standard InChI is InChI=1S/C18H23N3O3/c1-6-24-17(22)15-12(4)16(19-13(15)5)21-18(23)20-14-8-7-10(2)9-11(14)3/h7-9,19H,6H2,1-5H3,(H2,20,21,23). The third kappa shape index (κ3) is 3.76. The number of hydrogen-bond donors (Lipinski definition) is 3. The van der Waals surface area contributed by atoms with Crippen LogP contribution >= 0.6 is 0 Å². The summed E-state index contributed by atoms with van der Waals surface area (Å²) in [5.74, 6) is 0.0874. The van der Waals surface area contributed by atoms with Crippen LogP contribution in [0.1, 0.15) is 39.7 Å². The summed E-state index contributed by atoms with van der Waals surface area (Å²) in [4.78, 5) is 27.2. The van der Waals surface area contributed by atoms with Crippen molar-refractivity contribution in [3.8, 4) is 0 Å². The number of hydrogen-bond acceptors (Lipinski definition) is 3. The van der Waals surface area contributed by atoms with E-state index in [-0.39, 0.29) is 6.03 Å². The maximum atomic E-state index is 12.2. The van der Waals surface area contributed by atoms with Gasteiger partial charge in [-0.05, 0) is 46.2 Å². The molecular formula is C18H23N3O3. The van der Waals surface area contributed by atoms with Gasteiger partial charge in [-0.15, -0.1) is 0 Å². The molecule has 128 valence electrons. The van der Waals surface area contributed by atoms with E-state index in [4.69, 9.17) is 4.74 Å². The molecule has 0 saturated carbocycles. The molecule has 1 aromatic carbocycles. The van der Waals surface area contributed by atoms with Gasteiger partial charge >= 0.3 is 12.0 Å². The van der Waals surface area contributed by atoms with Crippen molar-refractivity contribution >= 4 is 23.5 Å². The normalized spacial score (nSPS) is 10.4. The van der Waals surface area contributed by atoms with Crippen LogP contribution in [0.3, 0.4) is 0 Å². The fourth-order valence-corrected chi connectivity index (χ4v) is 2.61. The summed E-state index contributed by atoms with van der Waals surface area (Å²) >= 11 is 0. The molecule has 24 heavy (non-hydrogen) atoms. The summed E-state index contributed by atoms with van der Waals surface area (Å²) in [6, 6.07) is 5.42. The lowest BCUT2D eigenvalue weighted by Crippen LogP contribution is -2.20. The first-order valence-electron chi connectivity index (χ1n) is 7.85. The van der Waals surface area contributed by atoms with Gasteiger partial charge in [0, 0.05) is 16.9 Å². The molecule has 0 aliphatic rings. The molecule has 0 spiro atoms. The number of urea groups is 1. The highest BCUT2D eigenvalue weighted by atomic mass is 16.5. The number of carbonyl (C=O) groups is 2. The smallest absolute Gasteiger partial charge is 0.340 e. The van der Waals surface area contributed by atoms with Crippen molar-refractivity contribution < 1.29 is 14.3 Å². The van der Waals surface area contributed by atoms with Crippen LogP contribution in [0.15, 0.2) is 18.2 Å². The van der Waals surface area contributed by atoms with Crippen molar-refractivity contribution in [2.45, 2.75) is 34.6 Å². The number of ether oxygens (including phenoxy) is 1.